The summed E-state index contributed by atoms with van der Waals surface area (Å²) in [5.41, 5.74) is 0.438. The molecule has 2 aliphatic heterocycles. The molecule has 2 aromatic rings. The van der Waals surface area contributed by atoms with Gasteiger partial charge in [0.25, 0.3) is 15.9 Å². The van der Waals surface area contributed by atoms with Crippen LogP contribution in [0, 0.1) is 11.6 Å². The lowest BCUT2D eigenvalue weighted by atomic mass is 10.1. The lowest BCUT2D eigenvalue weighted by Gasteiger charge is -2.30. The number of fused-ring (bicyclic) bond motifs is 3. The Bertz CT molecular complexity index is 1200. The summed E-state index contributed by atoms with van der Waals surface area (Å²) in [5.74, 6) is -1.71. The number of hydrogen-bond acceptors (Lipinski definition) is 4. The van der Waals surface area contributed by atoms with Crippen molar-refractivity contribution >= 4 is 39.1 Å². The van der Waals surface area contributed by atoms with Gasteiger partial charge >= 0.3 is 0 Å². The molecule has 164 valence electrons. The fourth-order valence-corrected chi connectivity index (χ4v) is 5.38. The minimum Gasteiger partial charge on any atom is -0.345 e. The molecule has 0 radical (unpaired) electrons. The SMILES string of the molecule is C[C@H](NC(=O)c1cc2c(cc1Cl)N1CCCCCC1=NS2(=O)=O)c1ccc(F)cc1F. The van der Waals surface area contributed by atoms with Crippen molar-refractivity contribution in [2.24, 2.45) is 4.40 Å². The number of rotatable bonds is 3. The van der Waals surface area contributed by atoms with E-state index < -0.39 is 33.6 Å². The van der Waals surface area contributed by atoms with E-state index >= 15 is 0 Å². The second kappa shape index (κ2) is 8.20. The zero-order chi connectivity index (χ0) is 22.3. The molecule has 2 aromatic carbocycles. The van der Waals surface area contributed by atoms with Gasteiger partial charge in [-0.1, -0.05) is 24.1 Å². The molecular formula is C21H20ClF2N3O3S. The van der Waals surface area contributed by atoms with Crippen molar-refractivity contribution < 1.29 is 22.0 Å². The van der Waals surface area contributed by atoms with Gasteiger partial charge in [-0.15, -0.1) is 4.40 Å². The second-order valence-electron chi connectivity index (χ2n) is 7.61. The van der Waals surface area contributed by atoms with Crippen LogP contribution in [0.15, 0.2) is 39.6 Å². The number of amidine groups is 1. The number of halogens is 3. The molecule has 0 unspecified atom stereocenters. The first-order chi connectivity index (χ1) is 14.7. The van der Waals surface area contributed by atoms with Crippen LogP contribution in [0.25, 0.3) is 0 Å². The summed E-state index contributed by atoms with van der Waals surface area (Å²) >= 11 is 6.36. The minimum absolute atomic E-state index is 0.0631. The van der Waals surface area contributed by atoms with E-state index in [4.69, 9.17) is 11.6 Å². The zero-order valence-corrected chi connectivity index (χ0v) is 18.2. The third-order valence-electron chi connectivity index (χ3n) is 5.46. The lowest BCUT2D eigenvalue weighted by Crippen LogP contribution is -2.35. The number of nitrogens with zero attached hydrogens (tertiary/aromatic N) is 2. The average Bonchev–Trinajstić information content (AvgIpc) is 2.92. The fourth-order valence-electron chi connectivity index (χ4n) is 3.88. The quantitative estimate of drug-likeness (QED) is 0.716. The summed E-state index contributed by atoms with van der Waals surface area (Å²) in [6.45, 7) is 2.15. The molecule has 1 atom stereocenters. The topological polar surface area (TPSA) is 78.8 Å². The molecule has 0 spiro atoms. The van der Waals surface area contributed by atoms with Crippen molar-refractivity contribution in [2.75, 3.05) is 11.4 Å². The molecule has 1 fully saturated rings. The van der Waals surface area contributed by atoms with Crippen LogP contribution in [0.1, 0.15) is 54.6 Å². The van der Waals surface area contributed by atoms with Crippen LogP contribution in [-0.2, 0) is 10.0 Å². The molecule has 2 aliphatic rings. The van der Waals surface area contributed by atoms with Gasteiger partial charge in [-0.05, 0) is 38.0 Å². The van der Waals surface area contributed by atoms with Crippen molar-refractivity contribution in [1.82, 2.24) is 5.32 Å². The minimum atomic E-state index is -3.99. The number of anilines is 1. The number of sulfonamides is 1. The molecule has 2 heterocycles. The van der Waals surface area contributed by atoms with E-state index in [2.05, 4.69) is 9.71 Å². The molecule has 6 nitrogen and oxygen atoms in total. The Kier molecular flexibility index (Phi) is 5.74. The Labute approximate surface area is 184 Å². The van der Waals surface area contributed by atoms with Crippen molar-refractivity contribution in [1.29, 1.82) is 0 Å². The number of carbonyl (C=O) groups excluding carboxylic acids is 1. The smallest absolute Gasteiger partial charge is 0.286 e. The van der Waals surface area contributed by atoms with Crippen molar-refractivity contribution in [2.45, 2.75) is 43.5 Å². The summed E-state index contributed by atoms with van der Waals surface area (Å²) in [5, 5.41) is 2.66. The molecule has 1 amide bonds. The summed E-state index contributed by atoms with van der Waals surface area (Å²) in [6, 6.07) is 4.94. The van der Waals surface area contributed by atoms with E-state index in [9.17, 15) is 22.0 Å². The van der Waals surface area contributed by atoms with Crippen molar-refractivity contribution in [3.05, 3.63) is 58.1 Å². The summed E-state index contributed by atoms with van der Waals surface area (Å²) in [7, 11) is -3.99. The molecule has 0 aliphatic carbocycles. The summed E-state index contributed by atoms with van der Waals surface area (Å²) < 4.78 is 56.7. The number of benzene rings is 2. The molecular weight excluding hydrogens is 448 g/mol. The van der Waals surface area contributed by atoms with Gasteiger partial charge in [-0.2, -0.15) is 8.42 Å². The highest BCUT2D eigenvalue weighted by atomic mass is 35.5. The Morgan fingerprint density at radius 2 is 1.97 bits per heavy atom. The van der Waals surface area contributed by atoms with E-state index in [-0.39, 0.29) is 21.0 Å². The Morgan fingerprint density at radius 1 is 1.19 bits per heavy atom. The molecule has 0 aromatic heterocycles. The molecule has 10 heteroatoms. The van der Waals surface area contributed by atoms with Gasteiger partial charge < -0.3 is 10.2 Å². The lowest BCUT2D eigenvalue weighted by molar-refractivity contribution is 0.0939. The zero-order valence-electron chi connectivity index (χ0n) is 16.7. The van der Waals surface area contributed by atoms with Crippen LogP contribution in [0.3, 0.4) is 0 Å². The molecule has 1 N–H and O–H groups in total. The van der Waals surface area contributed by atoms with E-state index in [1.807, 2.05) is 4.90 Å². The predicted octanol–water partition coefficient (Wildman–Crippen LogP) is 4.59. The summed E-state index contributed by atoms with van der Waals surface area (Å²) in [4.78, 5) is 14.6. The molecule has 0 bridgehead atoms. The van der Waals surface area contributed by atoms with Gasteiger partial charge in [0.15, 0.2) is 0 Å². The number of nitrogens with one attached hydrogen (secondary N) is 1. The monoisotopic (exact) mass is 467 g/mol. The molecule has 1 saturated heterocycles. The number of hydrogen-bond donors (Lipinski definition) is 1. The predicted molar refractivity (Wildman–Crippen MR) is 114 cm³/mol. The number of amides is 1. The highest BCUT2D eigenvalue weighted by Crippen LogP contribution is 2.38. The van der Waals surface area contributed by atoms with E-state index in [1.54, 1.807) is 0 Å². The maximum Gasteiger partial charge on any atom is 0.286 e. The Hall–Kier alpha value is -2.52. The van der Waals surface area contributed by atoms with Crippen LogP contribution in [0.5, 0.6) is 0 Å². The fraction of sp³-hybridized carbons (Fsp3) is 0.333. The van der Waals surface area contributed by atoms with Crippen LogP contribution in [0.2, 0.25) is 5.02 Å². The third-order valence-corrected chi connectivity index (χ3v) is 7.10. The molecule has 31 heavy (non-hydrogen) atoms. The van der Waals surface area contributed by atoms with Crippen molar-refractivity contribution in [3.8, 4) is 0 Å². The van der Waals surface area contributed by atoms with Gasteiger partial charge in [0.05, 0.1) is 22.3 Å². The molecule has 4 rings (SSSR count). The average molecular weight is 468 g/mol. The standard InChI is InChI=1S/C21H20ClF2N3O3S/c1-12(14-7-6-13(23)9-17(14)24)25-21(28)15-10-19-18(11-16(15)22)27-8-4-2-3-5-20(27)26-31(19,29)30/h6-7,9-12H,2-5,8H2,1H3,(H,25,28)/t12-/m0/s1. The molecule has 0 saturated carbocycles. The van der Waals surface area contributed by atoms with Crippen LogP contribution in [-0.4, -0.2) is 26.7 Å². The highest BCUT2D eigenvalue weighted by molar-refractivity contribution is 7.90. The van der Waals surface area contributed by atoms with Gasteiger partial charge in [0.2, 0.25) is 0 Å². The first kappa shape index (κ1) is 21.7. The largest absolute Gasteiger partial charge is 0.345 e. The van der Waals surface area contributed by atoms with Crippen molar-refractivity contribution in [3.63, 3.8) is 0 Å². The summed E-state index contributed by atoms with van der Waals surface area (Å²) in [6.07, 6.45) is 3.27. The van der Waals surface area contributed by atoms with Crippen LogP contribution >= 0.6 is 11.6 Å². The highest BCUT2D eigenvalue weighted by Gasteiger charge is 2.33. The first-order valence-corrected chi connectivity index (χ1v) is 11.7. The van der Waals surface area contributed by atoms with Gasteiger partial charge in [-0.25, -0.2) is 8.78 Å². The maximum absolute atomic E-state index is 14.0. The van der Waals surface area contributed by atoms with Crippen LogP contribution in [0.4, 0.5) is 14.5 Å². The normalized spacial score (nSPS) is 18.3. The van der Waals surface area contributed by atoms with Gasteiger partial charge in [-0.3, -0.25) is 4.79 Å². The Balaban J connectivity index is 1.68. The maximum atomic E-state index is 14.0. The Morgan fingerprint density at radius 3 is 2.71 bits per heavy atom. The van der Waals surface area contributed by atoms with Gasteiger partial charge in [0, 0.05) is 24.6 Å². The van der Waals surface area contributed by atoms with Gasteiger partial charge in [0.1, 0.15) is 22.4 Å². The van der Waals surface area contributed by atoms with E-state index in [0.29, 0.717) is 24.5 Å². The number of carbonyl (C=O) groups is 1. The van der Waals surface area contributed by atoms with E-state index in [0.717, 1.165) is 31.4 Å². The third kappa shape index (κ3) is 4.16. The second-order valence-corrected chi connectivity index (χ2v) is 9.59. The first-order valence-electron chi connectivity index (χ1n) is 9.88. The van der Waals surface area contributed by atoms with E-state index in [1.165, 1.54) is 25.1 Å². The van der Waals surface area contributed by atoms with Crippen LogP contribution < -0.4 is 10.2 Å².